The molecule has 0 bridgehead atoms. The number of para-hydroxylation sites is 1. The summed E-state index contributed by atoms with van der Waals surface area (Å²) in [5.74, 6) is 0.0619. The SMILES string of the molecule is CC(CO)N(C)C(=O)CCc1c[nH]c2ccccc12. The molecule has 0 aliphatic rings. The molecule has 1 amide bonds. The summed E-state index contributed by atoms with van der Waals surface area (Å²) >= 11 is 0. The quantitative estimate of drug-likeness (QED) is 0.863. The van der Waals surface area contributed by atoms with Crippen LogP contribution in [0.2, 0.25) is 0 Å². The Morgan fingerprint density at radius 1 is 1.42 bits per heavy atom. The molecule has 0 aliphatic heterocycles. The van der Waals surface area contributed by atoms with E-state index < -0.39 is 0 Å². The molecule has 4 nitrogen and oxygen atoms in total. The number of aliphatic hydroxyl groups excluding tert-OH is 1. The Balaban J connectivity index is 2.01. The van der Waals surface area contributed by atoms with Gasteiger partial charge in [0.25, 0.3) is 0 Å². The maximum atomic E-state index is 12.0. The number of aryl methyl sites for hydroxylation is 1. The predicted octanol–water partition coefficient (Wildman–Crippen LogP) is 1.94. The van der Waals surface area contributed by atoms with Crippen molar-refractivity contribution in [1.82, 2.24) is 9.88 Å². The van der Waals surface area contributed by atoms with E-state index in [-0.39, 0.29) is 18.6 Å². The lowest BCUT2D eigenvalue weighted by Crippen LogP contribution is -2.37. The van der Waals surface area contributed by atoms with E-state index in [1.807, 2.05) is 31.3 Å². The van der Waals surface area contributed by atoms with Crippen molar-refractivity contribution < 1.29 is 9.90 Å². The van der Waals surface area contributed by atoms with Gasteiger partial charge in [-0.25, -0.2) is 0 Å². The summed E-state index contributed by atoms with van der Waals surface area (Å²) in [6, 6.07) is 7.95. The molecule has 2 rings (SSSR count). The number of amides is 1. The zero-order valence-corrected chi connectivity index (χ0v) is 11.4. The van der Waals surface area contributed by atoms with Crippen LogP contribution in [0, 0.1) is 0 Å². The molecular weight excluding hydrogens is 240 g/mol. The smallest absolute Gasteiger partial charge is 0.222 e. The Labute approximate surface area is 113 Å². The third kappa shape index (κ3) is 2.96. The Kier molecular flexibility index (Phi) is 4.22. The molecule has 0 saturated carbocycles. The molecule has 1 unspecified atom stereocenters. The first-order valence-electron chi connectivity index (χ1n) is 6.55. The number of likely N-dealkylation sites (N-methyl/N-ethyl adjacent to an activating group) is 1. The second-order valence-electron chi connectivity index (χ2n) is 4.90. The largest absolute Gasteiger partial charge is 0.394 e. The molecule has 4 heteroatoms. The second-order valence-corrected chi connectivity index (χ2v) is 4.90. The summed E-state index contributed by atoms with van der Waals surface area (Å²) in [6.07, 6.45) is 3.14. The highest BCUT2D eigenvalue weighted by Crippen LogP contribution is 2.19. The van der Waals surface area contributed by atoms with Crippen molar-refractivity contribution in [2.24, 2.45) is 0 Å². The fourth-order valence-electron chi connectivity index (χ4n) is 2.12. The molecule has 0 fully saturated rings. The molecule has 1 aromatic carbocycles. The van der Waals surface area contributed by atoms with Gasteiger partial charge in [-0.1, -0.05) is 18.2 Å². The number of benzene rings is 1. The number of fused-ring (bicyclic) bond motifs is 1. The van der Waals surface area contributed by atoms with Crippen molar-refractivity contribution in [2.45, 2.75) is 25.8 Å². The van der Waals surface area contributed by atoms with Gasteiger partial charge in [-0.2, -0.15) is 0 Å². The first-order chi connectivity index (χ1) is 9.13. The van der Waals surface area contributed by atoms with E-state index in [1.165, 1.54) is 5.39 Å². The second kappa shape index (κ2) is 5.89. The molecule has 0 spiro atoms. The van der Waals surface area contributed by atoms with Crippen LogP contribution in [0.5, 0.6) is 0 Å². The number of carbonyl (C=O) groups is 1. The van der Waals surface area contributed by atoms with E-state index in [9.17, 15) is 4.79 Å². The number of hydrogen-bond acceptors (Lipinski definition) is 2. The monoisotopic (exact) mass is 260 g/mol. The van der Waals surface area contributed by atoms with Crippen LogP contribution in [0.15, 0.2) is 30.5 Å². The number of aromatic nitrogens is 1. The highest BCUT2D eigenvalue weighted by atomic mass is 16.3. The molecule has 1 atom stereocenters. The molecule has 102 valence electrons. The minimum absolute atomic E-state index is 0.00464. The Morgan fingerprint density at radius 2 is 2.16 bits per heavy atom. The van der Waals surface area contributed by atoms with Crippen LogP contribution in [0.3, 0.4) is 0 Å². The lowest BCUT2D eigenvalue weighted by atomic mass is 10.1. The van der Waals surface area contributed by atoms with Crippen molar-refractivity contribution in [1.29, 1.82) is 0 Å². The highest BCUT2D eigenvalue weighted by molar-refractivity contribution is 5.84. The summed E-state index contributed by atoms with van der Waals surface area (Å²) in [6.45, 7) is 1.83. The van der Waals surface area contributed by atoms with Crippen molar-refractivity contribution in [2.75, 3.05) is 13.7 Å². The summed E-state index contributed by atoms with van der Waals surface area (Å²) in [5.41, 5.74) is 2.26. The molecule has 2 aromatic rings. The van der Waals surface area contributed by atoms with Crippen molar-refractivity contribution in [3.05, 3.63) is 36.0 Å². The van der Waals surface area contributed by atoms with Gasteiger partial charge in [0.15, 0.2) is 0 Å². The van der Waals surface area contributed by atoms with E-state index in [2.05, 4.69) is 11.1 Å². The van der Waals surface area contributed by atoms with Crippen LogP contribution in [0.4, 0.5) is 0 Å². The molecule has 1 aromatic heterocycles. The van der Waals surface area contributed by atoms with Gasteiger partial charge >= 0.3 is 0 Å². The Hall–Kier alpha value is -1.81. The van der Waals surface area contributed by atoms with E-state index in [4.69, 9.17) is 5.11 Å². The third-order valence-electron chi connectivity index (χ3n) is 3.60. The van der Waals surface area contributed by atoms with Crippen LogP contribution in [0.1, 0.15) is 18.9 Å². The average molecular weight is 260 g/mol. The molecule has 2 N–H and O–H groups in total. The van der Waals surface area contributed by atoms with Gasteiger partial charge in [0.1, 0.15) is 0 Å². The molecule has 19 heavy (non-hydrogen) atoms. The van der Waals surface area contributed by atoms with E-state index in [1.54, 1.807) is 11.9 Å². The lowest BCUT2D eigenvalue weighted by Gasteiger charge is -2.23. The first-order valence-corrected chi connectivity index (χ1v) is 6.55. The predicted molar refractivity (Wildman–Crippen MR) is 75.9 cm³/mol. The maximum absolute atomic E-state index is 12.0. The zero-order chi connectivity index (χ0) is 13.8. The van der Waals surface area contributed by atoms with Gasteiger partial charge in [-0.15, -0.1) is 0 Å². The van der Waals surface area contributed by atoms with Crippen LogP contribution >= 0.6 is 0 Å². The van der Waals surface area contributed by atoms with E-state index in [0.717, 1.165) is 11.1 Å². The van der Waals surface area contributed by atoms with Gasteiger partial charge < -0.3 is 15.0 Å². The van der Waals surface area contributed by atoms with Gasteiger partial charge in [0.05, 0.1) is 12.6 Å². The minimum Gasteiger partial charge on any atom is -0.394 e. The Bertz CT molecular complexity index is 562. The molecule has 0 aliphatic carbocycles. The number of aliphatic hydroxyl groups is 1. The number of carbonyl (C=O) groups excluding carboxylic acids is 1. The van der Waals surface area contributed by atoms with Gasteiger partial charge in [0.2, 0.25) is 5.91 Å². The van der Waals surface area contributed by atoms with Crippen LogP contribution in [0.25, 0.3) is 10.9 Å². The third-order valence-corrected chi connectivity index (χ3v) is 3.60. The summed E-state index contributed by atoms with van der Waals surface area (Å²) in [4.78, 5) is 16.8. The van der Waals surface area contributed by atoms with Gasteiger partial charge in [-0.3, -0.25) is 4.79 Å². The van der Waals surface area contributed by atoms with Gasteiger partial charge in [-0.05, 0) is 25.0 Å². The van der Waals surface area contributed by atoms with Crippen molar-refractivity contribution in [3.8, 4) is 0 Å². The first kappa shape index (κ1) is 13.6. The highest BCUT2D eigenvalue weighted by Gasteiger charge is 2.15. The normalized spacial score (nSPS) is 12.6. The van der Waals surface area contributed by atoms with Crippen molar-refractivity contribution >= 4 is 16.8 Å². The number of aromatic amines is 1. The number of H-pyrrole nitrogens is 1. The topological polar surface area (TPSA) is 56.3 Å². The number of nitrogens with one attached hydrogen (secondary N) is 1. The standard InChI is InChI=1S/C15H20N2O2/c1-11(10-18)17(2)15(19)8-7-12-9-16-14-6-4-3-5-13(12)14/h3-6,9,11,16,18H,7-8,10H2,1-2H3. The van der Waals surface area contributed by atoms with Crippen molar-refractivity contribution in [3.63, 3.8) is 0 Å². The zero-order valence-electron chi connectivity index (χ0n) is 11.4. The number of nitrogens with zero attached hydrogens (tertiary/aromatic N) is 1. The fraction of sp³-hybridized carbons (Fsp3) is 0.400. The molecule has 1 heterocycles. The van der Waals surface area contributed by atoms with Crippen LogP contribution in [-0.2, 0) is 11.2 Å². The molecule has 0 radical (unpaired) electrons. The number of hydrogen-bond donors (Lipinski definition) is 2. The maximum Gasteiger partial charge on any atom is 0.222 e. The number of rotatable bonds is 5. The average Bonchev–Trinajstić information content (AvgIpc) is 2.86. The summed E-state index contributed by atoms with van der Waals surface area (Å²) < 4.78 is 0. The summed E-state index contributed by atoms with van der Waals surface area (Å²) in [7, 11) is 1.73. The van der Waals surface area contributed by atoms with Crippen LogP contribution in [-0.4, -0.2) is 40.6 Å². The van der Waals surface area contributed by atoms with E-state index in [0.29, 0.717) is 12.8 Å². The summed E-state index contributed by atoms with van der Waals surface area (Å²) in [5, 5.41) is 10.2. The van der Waals surface area contributed by atoms with Crippen LogP contribution < -0.4 is 0 Å². The molecular formula is C15H20N2O2. The van der Waals surface area contributed by atoms with Gasteiger partial charge in [0, 0.05) is 30.6 Å². The Morgan fingerprint density at radius 3 is 2.89 bits per heavy atom. The fourth-order valence-corrected chi connectivity index (χ4v) is 2.12. The molecule has 0 saturated heterocycles. The lowest BCUT2D eigenvalue weighted by molar-refractivity contribution is -0.132. The van der Waals surface area contributed by atoms with E-state index >= 15 is 0 Å². The minimum atomic E-state index is -0.129.